The molecule has 3 heterocycles. The van der Waals surface area contributed by atoms with Crippen molar-refractivity contribution in [2.45, 2.75) is 19.6 Å². The van der Waals surface area contributed by atoms with Crippen molar-refractivity contribution < 1.29 is 14.3 Å². The fraction of sp³-hybridized carbons (Fsp3) is 0.200. The van der Waals surface area contributed by atoms with Crippen molar-refractivity contribution in [1.82, 2.24) is 4.98 Å². The Morgan fingerprint density at radius 1 is 1.27 bits per heavy atom. The fourth-order valence-corrected chi connectivity index (χ4v) is 3.48. The van der Waals surface area contributed by atoms with Crippen LogP contribution in [-0.4, -0.2) is 17.5 Å². The van der Waals surface area contributed by atoms with Crippen LogP contribution in [0.5, 0.6) is 5.75 Å². The predicted octanol–water partition coefficient (Wildman–Crippen LogP) is 4.05. The van der Waals surface area contributed by atoms with Crippen molar-refractivity contribution >= 4 is 22.9 Å². The molecule has 6 heteroatoms. The molecule has 1 aliphatic rings. The Hall–Kier alpha value is -2.70. The number of hydrogen-bond donors (Lipinski definition) is 1. The first-order chi connectivity index (χ1) is 12.8. The summed E-state index contributed by atoms with van der Waals surface area (Å²) < 4.78 is 11.2. The molecule has 1 amide bonds. The average Bonchev–Trinajstić information content (AvgIpc) is 3.16. The van der Waals surface area contributed by atoms with E-state index in [1.807, 2.05) is 41.8 Å². The van der Waals surface area contributed by atoms with E-state index in [2.05, 4.69) is 10.3 Å². The van der Waals surface area contributed by atoms with Crippen molar-refractivity contribution in [1.29, 1.82) is 0 Å². The zero-order valence-corrected chi connectivity index (χ0v) is 14.9. The quantitative estimate of drug-likeness (QED) is 0.740. The summed E-state index contributed by atoms with van der Waals surface area (Å²) in [5, 5.41) is 4.74. The number of carbonyl (C=O) groups is 1. The lowest BCUT2D eigenvalue weighted by Crippen LogP contribution is -2.14. The van der Waals surface area contributed by atoms with Gasteiger partial charge in [0, 0.05) is 29.1 Å². The van der Waals surface area contributed by atoms with E-state index in [1.165, 1.54) is 11.3 Å². The molecule has 1 aliphatic heterocycles. The number of anilines is 1. The molecule has 3 aromatic rings. The summed E-state index contributed by atoms with van der Waals surface area (Å²) in [5.74, 6) is 0.531. The molecule has 0 radical (unpaired) electrons. The molecule has 132 valence electrons. The van der Waals surface area contributed by atoms with Crippen LogP contribution in [0.4, 0.5) is 5.69 Å². The molecule has 0 unspecified atom stereocenters. The van der Waals surface area contributed by atoms with Gasteiger partial charge in [-0.25, -0.2) is 0 Å². The highest BCUT2D eigenvalue weighted by atomic mass is 32.1. The molecule has 4 rings (SSSR count). The number of benzene rings is 1. The molecule has 0 aliphatic carbocycles. The molecular weight excluding hydrogens is 348 g/mol. The largest absolute Gasteiger partial charge is 0.488 e. The molecule has 0 atom stereocenters. The van der Waals surface area contributed by atoms with Crippen molar-refractivity contribution in [3.8, 4) is 5.75 Å². The van der Waals surface area contributed by atoms with E-state index in [4.69, 9.17) is 9.47 Å². The third-order valence-electron chi connectivity index (χ3n) is 4.11. The summed E-state index contributed by atoms with van der Waals surface area (Å²) >= 11 is 1.36. The average molecular weight is 366 g/mol. The second-order valence-corrected chi connectivity index (χ2v) is 6.92. The molecule has 0 bridgehead atoms. The molecule has 0 fully saturated rings. The van der Waals surface area contributed by atoms with Crippen molar-refractivity contribution in [2.24, 2.45) is 0 Å². The van der Waals surface area contributed by atoms with Crippen LogP contribution in [0.1, 0.15) is 26.5 Å². The van der Waals surface area contributed by atoms with E-state index < -0.39 is 0 Å². The van der Waals surface area contributed by atoms with Crippen LogP contribution in [0.15, 0.2) is 54.0 Å². The van der Waals surface area contributed by atoms with E-state index in [-0.39, 0.29) is 5.91 Å². The second kappa shape index (κ2) is 7.68. The topological polar surface area (TPSA) is 60.5 Å². The highest BCUT2D eigenvalue weighted by Gasteiger charge is 2.14. The summed E-state index contributed by atoms with van der Waals surface area (Å²) in [6.45, 7) is 1.72. The minimum absolute atomic E-state index is 0.164. The Balaban J connectivity index is 1.38. The van der Waals surface area contributed by atoms with Crippen LogP contribution < -0.4 is 10.1 Å². The van der Waals surface area contributed by atoms with Crippen LogP contribution in [0, 0.1) is 0 Å². The minimum atomic E-state index is -0.164. The van der Waals surface area contributed by atoms with Gasteiger partial charge in [-0.15, -0.1) is 11.3 Å². The van der Waals surface area contributed by atoms with Gasteiger partial charge in [-0.1, -0.05) is 30.3 Å². The Labute approximate surface area is 155 Å². The van der Waals surface area contributed by atoms with Gasteiger partial charge in [-0.3, -0.25) is 9.78 Å². The van der Waals surface area contributed by atoms with E-state index in [0.29, 0.717) is 36.1 Å². The number of nitrogens with one attached hydrogen (secondary N) is 1. The van der Waals surface area contributed by atoms with Gasteiger partial charge < -0.3 is 14.8 Å². The molecule has 1 N–H and O–H groups in total. The maximum absolute atomic E-state index is 12.5. The Morgan fingerprint density at radius 2 is 2.15 bits per heavy atom. The fourth-order valence-electron chi connectivity index (χ4n) is 2.76. The van der Waals surface area contributed by atoms with Crippen LogP contribution in [0.2, 0.25) is 0 Å². The van der Waals surface area contributed by atoms with Gasteiger partial charge in [0.1, 0.15) is 12.4 Å². The van der Waals surface area contributed by atoms with E-state index >= 15 is 0 Å². The van der Waals surface area contributed by atoms with Gasteiger partial charge in [0.2, 0.25) is 0 Å². The number of thiophene rings is 1. The summed E-state index contributed by atoms with van der Waals surface area (Å²) in [6.07, 6.45) is 2.51. The second-order valence-electron chi connectivity index (χ2n) is 6.01. The van der Waals surface area contributed by atoms with Crippen LogP contribution >= 0.6 is 11.3 Å². The lowest BCUT2D eigenvalue weighted by molar-refractivity contribution is 0.102. The molecular formula is C20H18N2O3S. The first-order valence-corrected chi connectivity index (χ1v) is 9.28. The number of amides is 1. The summed E-state index contributed by atoms with van der Waals surface area (Å²) in [6, 6.07) is 13.6. The van der Waals surface area contributed by atoms with Crippen LogP contribution in [0.25, 0.3) is 0 Å². The van der Waals surface area contributed by atoms with Crippen LogP contribution in [-0.2, 0) is 24.4 Å². The number of carbonyl (C=O) groups excluding carboxylic acids is 1. The minimum Gasteiger partial charge on any atom is -0.488 e. The van der Waals surface area contributed by atoms with Crippen molar-refractivity contribution in [3.05, 3.63) is 75.7 Å². The number of fused-ring (bicyclic) bond motifs is 1. The number of ether oxygens (including phenoxy) is 2. The first kappa shape index (κ1) is 16.8. The summed E-state index contributed by atoms with van der Waals surface area (Å²) in [5.41, 5.74) is 3.85. The number of rotatable bonds is 5. The Morgan fingerprint density at radius 3 is 3.04 bits per heavy atom. The third kappa shape index (κ3) is 3.92. The number of aromatic nitrogens is 1. The van der Waals surface area contributed by atoms with Gasteiger partial charge >= 0.3 is 0 Å². The molecule has 2 aromatic heterocycles. The maximum Gasteiger partial charge on any atom is 0.265 e. The van der Waals surface area contributed by atoms with E-state index in [1.54, 1.807) is 12.3 Å². The Bertz CT molecular complexity index is 908. The first-order valence-electron chi connectivity index (χ1n) is 8.40. The summed E-state index contributed by atoms with van der Waals surface area (Å²) in [4.78, 5) is 17.5. The summed E-state index contributed by atoms with van der Waals surface area (Å²) in [7, 11) is 0. The molecule has 0 spiro atoms. The lowest BCUT2D eigenvalue weighted by Gasteiger charge is -2.16. The molecule has 26 heavy (non-hydrogen) atoms. The number of nitrogens with zero attached hydrogens (tertiary/aromatic N) is 1. The molecule has 0 saturated heterocycles. The number of hydrogen-bond acceptors (Lipinski definition) is 5. The maximum atomic E-state index is 12.5. The number of pyridine rings is 1. The smallest absolute Gasteiger partial charge is 0.265 e. The molecule has 5 nitrogen and oxygen atoms in total. The normalized spacial score (nSPS) is 13.1. The van der Waals surface area contributed by atoms with Gasteiger partial charge in [-0.05, 0) is 11.6 Å². The predicted molar refractivity (Wildman–Crippen MR) is 101 cm³/mol. The van der Waals surface area contributed by atoms with Gasteiger partial charge in [0.15, 0.2) is 0 Å². The van der Waals surface area contributed by atoms with Crippen molar-refractivity contribution in [2.75, 3.05) is 11.9 Å². The van der Waals surface area contributed by atoms with E-state index in [0.717, 1.165) is 23.2 Å². The molecule has 0 saturated carbocycles. The Kier molecular flexibility index (Phi) is 4.95. The van der Waals surface area contributed by atoms with Crippen LogP contribution in [0.3, 0.4) is 0 Å². The van der Waals surface area contributed by atoms with Gasteiger partial charge in [0.25, 0.3) is 5.91 Å². The SMILES string of the molecule is O=C(Nc1cnc2c(c1)COCC2)c1cc(OCc2ccccc2)cs1. The van der Waals surface area contributed by atoms with E-state index in [9.17, 15) is 4.79 Å². The van der Waals surface area contributed by atoms with Crippen molar-refractivity contribution in [3.63, 3.8) is 0 Å². The monoisotopic (exact) mass is 366 g/mol. The molecule has 1 aromatic carbocycles. The van der Waals surface area contributed by atoms with Gasteiger partial charge in [-0.2, -0.15) is 0 Å². The third-order valence-corrected chi connectivity index (χ3v) is 5.01. The standard InChI is InChI=1S/C20H18N2O3S/c23-20(22-16-8-15-12-24-7-6-18(15)21-10-16)19-9-17(13-26-19)25-11-14-4-2-1-3-5-14/h1-5,8-10,13H,6-7,11-12H2,(H,22,23). The lowest BCUT2D eigenvalue weighted by atomic mass is 10.1. The zero-order chi connectivity index (χ0) is 17.8. The highest BCUT2D eigenvalue weighted by molar-refractivity contribution is 7.12. The zero-order valence-electron chi connectivity index (χ0n) is 14.1. The van der Waals surface area contributed by atoms with Gasteiger partial charge in [0.05, 0.1) is 30.0 Å². The highest BCUT2D eigenvalue weighted by Crippen LogP contribution is 2.24.